The molecule has 0 aliphatic carbocycles. The summed E-state index contributed by atoms with van der Waals surface area (Å²) in [4.78, 5) is 25.9. The van der Waals surface area contributed by atoms with Crippen molar-refractivity contribution in [1.29, 1.82) is 0 Å². The Kier molecular flexibility index (Phi) is 4.86. The van der Waals surface area contributed by atoms with Crippen LogP contribution in [0.2, 0.25) is 5.02 Å². The van der Waals surface area contributed by atoms with Crippen molar-refractivity contribution in [2.24, 2.45) is 5.73 Å². The van der Waals surface area contributed by atoms with Crippen LogP contribution < -0.4 is 21.8 Å². The van der Waals surface area contributed by atoms with Crippen LogP contribution in [0.5, 0.6) is 0 Å². The summed E-state index contributed by atoms with van der Waals surface area (Å²) in [6.07, 6.45) is 0.849. The highest BCUT2D eigenvalue weighted by molar-refractivity contribution is 6.38. The van der Waals surface area contributed by atoms with Crippen molar-refractivity contribution in [3.05, 3.63) is 62.7 Å². The fourth-order valence-corrected chi connectivity index (χ4v) is 4.07. The lowest BCUT2D eigenvalue weighted by Gasteiger charge is -2.46. The number of nitrogen functional groups attached to an aromatic ring is 1. The molecular formula is C20H16ClF3N4O3. The Morgan fingerprint density at radius 3 is 2.45 bits per heavy atom. The zero-order valence-corrected chi connectivity index (χ0v) is 16.8. The van der Waals surface area contributed by atoms with Gasteiger partial charge >= 0.3 is 5.97 Å². The quantitative estimate of drug-likeness (QED) is 0.526. The third kappa shape index (κ3) is 3.10. The van der Waals surface area contributed by atoms with Crippen LogP contribution in [0, 0.1) is 17.5 Å². The summed E-state index contributed by atoms with van der Waals surface area (Å²) in [6.45, 7) is 2.05. The van der Waals surface area contributed by atoms with E-state index >= 15 is 0 Å². The van der Waals surface area contributed by atoms with Gasteiger partial charge in [-0.2, -0.15) is 0 Å². The van der Waals surface area contributed by atoms with Crippen LogP contribution in [-0.4, -0.2) is 34.3 Å². The van der Waals surface area contributed by atoms with E-state index in [-0.39, 0.29) is 39.4 Å². The van der Waals surface area contributed by atoms with E-state index < -0.39 is 40.1 Å². The van der Waals surface area contributed by atoms with Crippen LogP contribution in [0.25, 0.3) is 16.6 Å². The van der Waals surface area contributed by atoms with Gasteiger partial charge < -0.3 is 26.0 Å². The molecule has 2 heterocycles. The molecule has 162 valence electrons. The van der Waals surface area contributed by atoms with Crippen LogP contribution >= 0.6 is 11.6 Å². The van der Waals surface area contributed by atoms with Gasteiger partial charge in [-0.15, -0.1) is 0 Å². The fourth-order valence-electron chi connectivity index (χ4n) is 3.68. The van der Waals surface area contributed by atoms with Crippen LogP contribution in [0.1, 0.15) is 17.3 Å². The number of carbonyl (C=O) groups is 1. The van der Waals surface area contributed by atoms with E-state index in [0.717, 1.165) is 22.9 Å². The van der Waals surface area contributed by atoms with E-state index in [2.05, 4.69) is 0 Å². The summed E-state index contributed by atoms with van der Waals surface area (Å²) in [5.41, 5.74) is 8.70. The molecular weight excluding hydrogens is 437 g/mol. The first-order valence-electron chi connectivity index (χ1n) is 9.10. The Labute approximate surface area is 178 Å². The van der Waals surface area contributed by atoms with Crippen molar-refractivity contribution in [3.63, 3.8) is 0 Å². The number of benzene rings is 2. The van der Waals surface area contributed by atoms with Crippen molar-refractivity contribution >= 4 is 39.8 Å². The maximum atomic E-state index is 15.0. The van der Waals surface area contributed by atoms with Crippen LogP contribution in [0.15, 0.2) is 29.2 Å². The molecule has 1 aromatic heterocycles. The monoisotopic (exact) mass is 452 g/mol. The molecule has 1 aliphatic rings. The lowest BCUT2D eigenvalue weighted by Crippen LogP contribution is -2.63. The number of rotatable bonds is 3. The number of aromatic carboxylic acids is 1. The molecule has 2 aromatic carbocycles. The zero-order valence-electron chi connectivity index (χ0n) is 16.0. The van der Waals surface area contributed by atoms with Crippen LogP contribution in [0.4, 0.5) is 24.5 Å². The van der Waals surface area contributed by atoms with Crippen LogP contribution in [0.3, 0.4) is 0 Å². The summed E-state index contributed by atoms with van der Waals surface area (Å²) in [5, 5.41) is 8.79. The summed E-state index contributed by atoms with van der Waals surface area (Å²) in [6, 6.07) is 1.81. The molecule has 1 aliphatic heterocycles. The molecule has 0 unspecified atom stereocenters. The third-order valence-corrected chi connectivity index (χ3v) is 5.88. The Morgan fingerprint density at radius 2 is 1.87 bits per heavy atom. The van der Waals surface area contributed by atoms with E-state index in [1.54, 1.807) is 11.8 Å². The standard InChI is InChI=1S/C20H16ClF3N4O3/c1-7-14(26)6-27(7)18-12(24)2-8-17(16(18)21)28(5-9(19(8)29)20(30)31)15-4-13(25)10(22)3-11(15)23/h2-5,7,14H,6,25-26H2,1H3,(H,30,31)/t7-,14+/m1/s1. The number of halogens is 4. The van der Waals surface area contributed by atoms with E-state index in [1.807, 2.05) is 0 Å². The highest BCUT2D eigenvalue weighted by atomic mass is 35.5. The molecule has 4 rings (SSSR count). The van der Waals surface area contributed by atoms with Crippen LogP contribution in [-0.2, 0) is 0 Å². The minimum Gasteiger partial charge on any atom is -0.477 e. The minimum atomic E-state index is -1.61. The number of nitrogens with two attached hydrogens (primary N) is 2. The second-order valence-electron chi connectivity index (χ2n) is 7.35. The van der Waals surface area contributed by atoms with E-state index in [4.69, 9.17) is 23.1 Å². The van der Waals surface area contributed by atoms with Gasteiger partial charge in [-0.1, -0.05) is 11.6 Å². The number of aromatic nitrogens is 1. The minimum absolute atomic E-state index is 0.0601. The highest BCUT2D eigenvalue weighted by Crippen LogP contribution is 2.40. The number of anilines is 2. The molecule has 7 nitrogen and oxygen atoms in total. The maximum Gasteiger partial charge on any atom is 0.341 e. The van der Waals surface area contributed by atoms with Gasteiger partial charge in [-0.3, -0.25) is 4.79 Å². The van der Waals surface area contributed by atoms with Gasteiger partial charge in [0.25, 0.3) is 0 Å². The molecule has 5 N–H and O–H groups in total. The lowest BCUT2D eigenvalue weighted by atomic mass is 9.97. The normalized spacial score (nSPS) is 18.3. The first-order chi connectivity index (χ1) is 14.5. The molecule has 2 atom stereocenters. The van der Waals surface area contributed by atoms with Gasteiger partial charge in [0.2, 0.25) is 5.43 Å². The van der Waals surface area contributed by atoms with E-state index in [1.165, 1.54) is 0 Å². The summed E-state index contributed by atoms with van der Waals surface area (Å²) in [5.74, 6) is -4.58. The third-order valence-electron chi connectivity index (χ3n) is 5.52. The first-order valence-corrected chi connectivity index (χ1v) is 9.48. The predicted molar refractivity (Wildman–Crippen MR) is 111 cm³/mol. The highest BCUT2D eigenvalue weighted by Gasteiger charge is 2.36. The van der Waals surface area contributed by atoms with Gasteiger partial charge in [0, 0.05) is 30.9 Å². The maximum absolute atomic E-state index is 15.0. The molecule has 0 saturated carbocycles. The average molecular weight is 453 g/mol. The molecule has 0 spiro atoms. The average Bonchev–Trinajstić information content (AvgIpc) is 2.70. The Bertz CT molecular complexity index is 1330. The van der Waals surface area contributed by atoms with Crippen molar-refractivity contribution in [2.45, 2.75) is 19.0 Å². The first kappa shape index (κ1) is 21.0. The molecule has 31 heavy (non-hydrogen) atoms. The number of carboxylic acid groups (broad SMARTS) is 1. The van der Waals surface area contributed by atoms with Crippen molar-refractivity contribution in [3.8, 4) is 5.69 Å². The Balaban J connectivity index is 2.14. The van der Waals surface area contributed by atoms with Gasteiger partial charge in [0.1, 0.15) is 23.0 Å². The molecule has 3 aromatic rings. The lowest BCUT2D eigenvalue weighted by molar-refractivity contribution is 0.0695. The molecule has 0 amide bonds. The predicted octanol–water partition coefficient (Wildman–Crippen LogP) is 2.88. The number of hydrogen-bond donors (Lipinski definition) is 3. The largest absolute Gasteiger partial charge is 0.477 e. The topological polar surface area (TPSA) is 115 Å². The van der Waals surface area contributed by atoms with Crippen molar-refractivity contribution in [1.82, 2.24) is 4.57 Å². The van der Waals surface area contributed by atoms with Gasteiger partial charge in [0.15, 0.2) is 0 Å². The number of nitrogens with zero attached hydrogens (tertiary/aromatic N) is 2. The fraction of sp³-hybridized carbons (Fsp3) is 0.200. The second-order valence-corrected chi connectivity index (χ2v) is 7.72. The summed E-state index contributed by atoms with van der Waals surface area (Å²) in [7, 11) is 0. The summed E-state index contributed by atoms with van der Waals surface area (Å²) >= 11 is 6.49. The van der Waals surface area contributed by atoms with E-state index in [0.29, 0.717) is 12.6 Å². The molecule has 1 fully saturated rings. The number of pyridine rings is 1. The summed E-state index contributed by atoms with van der Waals surface area (Å²) < 4.78 is 44.3. The van der Waals surface area contributed by atoms with Gasteiger partial charge in [-0.05, 0) is 19.1 Å². The van der Waals surface area contributed by atoms with Crippen molar-refractivity contribution < 1.29 is 23.1 Å². The molecule has 1 saturated heterocycles. The molecule has 11 heteroatoms. The second kappa shape index (κ2) is 7.17. The van der Waals surface area contributed by atoms with Crippen molar-refractivity contribution in [2.75, 3.05) is 17.2 Å². The number of carboxylic acids is 1. The van der Waals surface area contributed by atoms with Gasteiger partial charge in [0.05, 0.1) is 33.0 Å². The number of fused-ring (bicyclic) bond motifs is 1. The van der Waals surface area contributed by atoms with E-state index in [9.17, 15) is 27.9 Å². The zero-order chi connectivity index (χ0) is 22.8. The van der Waals surface area contributed by atoms with Gasteiger partial charge in [-0.25, -0.2) is 18.0 Å². The smallest absolute Gasteiger partial charge is 0.341 e. The number of hydrogen-bond acceptors (Lipinski definition) is 5. The molecule has 0 radical (unpaired) electrons. The SMILES string of the molecule is C[C@@H]1[C@@H](N)CN1c1c(F)cc2c(=O)c(C(=O)O)cn(-c3cc(N)c(F)cc3F)c2c1Cl. The molecule has 0 bridgehead atoms. The Hall–Kier alpha value is -3.24. The Morgan fingerprint density at radius 1 is 1.19 bits per heavy atom.